The van der Waals surface area contributed by atoms with E-state index in [0.717, 1.165) is 0 Å². The highest BCUT2D eigenvalue weighted by Crippen LogP contribution is 2.41. The Morgan fingerprint density at radius 1 is 1.06 bits per heavy atom. The second-order valence-electron chi connectivity index (χ2n) is 3.13. The van der Waals surface area contributed by atoms with E-state index in [2.05, 4.69) is 0 Å². The fourth-order valence-electron chi connectivity index (χ4n) is 1.55. The van der Waals surface area contributed by atoms with E-state index >= 15 is 0 Å². The van der Waals surface area contributed by atoms with Crippen LogP contribution in [0.5, 0.6) is 17.2 Å². The Morgan fingerprint density at radius 3 is 2.12 bits per heavy atom. The minimum absolute atomic E-state index is 0.111. The summed E-state index contributed by atoms with van der Waals surface area (Å²) >= 11 is 0. The molecule has 0 N–H and O–H groups in total. The summed E-state index contributed by atoms with van der Waals surface area (Å²) in [6, 6.07) is 5.62. The van der Waals surface area contributed by atoms with Crippen molar-refractivity contribution in [2.75, 3.05) is 21.3 Å². The first kappa shape index (κ1) is 12.7. The summed E-state index contributed by atoms with van der Waals surface area (Å²) in [7, 11) is 4.39. The maximum absolute atomic E-state index is 9.10. The lowest BCUT2D eigenvalue weighted by atomic mass is 10.0. The van der Waals surface area contributed by atoms with E-state index in [-0.39, 0.29) is 6.42 Å². The minimum Gasteiger partial charge on any atom is -0.493 e. The van der Waals surface area contributed by atoms with Crippen LogP contribution in [0.2, 0.25) is 0 Å². The second-order valence-corrected chi connectivity index (χ2v) is 3.13. The summed E-state index contributed by atoms with van der Waals surface area (Å²) in [5.74, 6) is 1.08. The highest BCUT2D eigenvalue weighted by atomic mass is 16.5. The molecule has 0 aliphatic rings. The standard InChI is InChI=1S/C12H12N2O3/c1-15-10-6-8(4-5-13)9(7-14)11(16-2)12(10)17-3/h6H,4H2,1-3H3. The van der Waals surface area contributed by atoms with Gasteiger partial charge in [-0.3, -0.25) is 0 Å². The molecular formula is C12H12N2O3. The number of nitrogens with zero attached hydrogens (tertiary/aromatic N) is 2. The van der Waals surface area contributed by atoms with Gasteiger partial charge in [-0.05, 0) is 11.6 Å². The zero-order valence-corrected chi connectivity index (χ0v) is 9.90. The third-order valence-corrected chi connectivity index (χ3v) is 2.29. The van der Waals surface area contributed by atoms with E-state index in [0.29, 0.717) is 28.4 Å². The van der Waals surface area contributed by atoms with Crippen LogP contribution in [0.25, 0.3) is 0 Å². The molecule has 0 heterocycles. The molecule has 17 heavy (non-hydrogen) atoms. The van der Waals surface area contributed by atoms with Gasteiger partial charge in [-0.1, -0.05) is 0 Å². The van der Waals surface area contributed by atoms with Crippen molar-refractivity contribution in [1.29, 1.82) is 10.5 Å². The Bertz CT molecular complexity index is 498. The normalized spacial score (nSPS) is 9.00. The number of benzene rings is 1. The maximum atomic E-state index is 9.10. The van der Waals surface area contributed by atoms with Crippen molar-refractivity contribution in [2.24, 2.45) is 0 Å². The van der Waals surface area contributed by atoms with Crippen LogP contribution < -0.4 is 14.2 Å². The van der Waals surface area contributed by atoms with Gasteiger partial charge >= 0.3 is 0 Å². The molecule has 1 aromatic carbocycles. The van der Waals surface area contributed by atoms with Crippen LogP contribution in [0.4, 0.5) is 0 Å². The lowest BCUT2D eigenvalue weighted by Crippen LogP contribution is -2.01. The Hall–Kier alpha value is -2.40. The van der Waals surface area contributed by atoms with Crippen molar-refractivity contribution < 1.29 is 14.2 Å². The molecule has 0 aromatic heterocycles. The molecule has 0 radical (unpaired) electrons. The first-order chi connectivity index (χ1) is 8.23. The fraction of sp³-hybridized carbons (Fsp3) is 0.333. The molecule has 0 amide bonds. The molecule has 0 spiro atoms. The Morgan fingerprint density at radius 2 is 1.71 bits per heavy atom. The molecule has 5 heteroatoms. The van der Waals surface area contributed by atoms with E-state index < -0.39 is 0 Å². The SMILES string of the molecule is COc1cc(CC#N)c(C#N)c(OC)c1OC. The minimum atomic E-state index is 0.111. The van der Waals surface area contributed by atoms with E-state index in [4.69, 9.17) is 24.7 Å². The van der Waals surface area contributed by atoms with Crippen LogP contribution in [0, 0.1) is 22.7 Å². The Labute approximate surface area is 99.7 Å². The van der Waals surface area contributed by atoms with Crippen LogP contribution >= 0.6 is 0 Å². The molecule has 0 bridgehead atoms. The Kier molecular flexibility index (Phi) is 4.19. The molecule has 0 fully saturated rings. The molecule has 0 saturated heterocycles. The van der Waals surface area contributed by atoms with Crippen molar-refractivity contribution in [3.8, 4) is 29.4 Å². The molecule has 1 rings (SSSR count). The number of hydrogen-bond donors (Lipinski definition) is 0. The van der Waals surface area contributed by atoms with Gasteiger partial charge in [-0.25, -0.2) is 0 Å². The molecule has 0 aliphatic carbocycles. The van der Waals surface area contributed by atoms with Crippen LogP contribution in [-0.4, -0.2) is 21.3 Å². The van der Waals surface area contributed by atoms with E-state index in [1.807, 2.05) is 12.1 Å². The van der Waals surface area contributed by atoms with Gasteiger partial charge in [0.15, 0.2) is 11.5 Å². The Balaban J connectivity index is 3.57. The zero-order valence-electron chi connectivity index (χ0n) is 9.90. The van der Waals surface area contributed by atoms with Crippen molar-refractivity contribution in [1.82, 2.24) is 0 Å². The third-order valence-electron chi connectivity index (χ3n) is 2.29. The van der Waals surface area contributed by atoms with Crippen LogP contribution in [0.3, 0.4) is 0 Å². The fourth-order valence-corrected chi connectivity index (χ4v) is 1.55. The van der Waals surface area contributed by atoms with Crippen LogP contribution in [0.1, 0.15) is 11.1 Å². The summed E-state index contributed by atoms with van der Waals surface area (Å²) in [6.07, 6.45) is 0.111. The molecule has 0 aliphatic heterocycles. The van der Waals surface area contributed by atoms with Crippen molar-refractivity contribution >= 4 is 0 Å². The third kappa shape index (κ3) is 2.24. The molecule has 0 unspecified atom stereocenters. The van der Waals surface area contributed by atoms with E-state index in [1.54, 1.807) is 6.07 Å². The van der Waals surface area contributed by atoms with Crippen molar-refractivity contribution in [3.05, 3.63) is 17.2 Å². The van der Waals surface area contributed by atoms with Gasteiger partial charge in [0.05, 0.1) is 33.8 Å². The predicted molar refractivity (Wildman–Crippen MR) is 60.1 cm³/mol. The first-order valence-corrected chi connectivity index (χ1v) is 4.82. The zero-order chi connectivity index (χ0) is 12.8. The smallest absolute Gasteiger partial charge is 0.204 e. The van der Waals surface area contributed by atoms with Gasteiger partial charge in [0.1, 0.15) is 11.6 Å². The summed E-state index contributed by atoms with van der Waals surface area (Å²) in [6.45, 7) is 0. The van der Waals surface area contributed by atoms with Gasteiger partial charge in [-0.2, -0.15) is 10.5 Å². The molecule has 5 nitrogen and oxygen atoms in total. The molecule has 0 saturated carbocycles. The summed E-state index contributed by atoms with van der Waals surface area (Å²) in [5.41, 5.74) is 0.858. The van der Waals surface area contributed by atoms with Gasteiger partial charge in [0.25, 0.3) is 0 Å². The van der Waals surface area contributed by atoms with Crippen LogP contribution in [-0.2, 0) is 6.42 Å². The van der Waals surface area contributed by atoms with Crippen LogP contribution in [0.15, 0.2) is 6.07 Å². The summed E-state index contributed by atoms with van der Waals surface area (Å²) in [4.78, 5) is 0. The van der Waals surface area contributed by atoms with E-state index in [1.165, 1.54) is 21.3 Å². The predicted octanol–water partition coefficient (Wildman–Crippen LogP) is 1.65. The number of methoxy groups -OCH3 is 3. The largest absolute Gasteiger partial charge is 0.493 e. The molecular weight excluding hydrogens is 220 g/mol. The number of rotatable bonds is 4. The van der Waals surface area contributed by atoms with Gasteiger partial charge in [-0.15, -0.1) is 0 Å². The average molecular weight is 232 g/mol. The number of hydrogen-bond acceptors (Lipinski definition) is 5. The highest BCUT2D eigenvalue weighted by molar-refractivity contribution is 5.63. The lowest BCUT2D eigenvalue weighted by Gasteiger charge is -2.15. The van der Waals surface area contributed by atoms with Gasteiger partial charge < -0.3 is 14.2 Å². The summed E-state index contributed by atoms with van der Waals surface area (Å²) in [5, 5.41) is 17.8. The maximum Gasteiger partial charge on any atom is 0.204 e. The van der Waals surface area contributed by atoms with Crippen molar-refractivity contribution in [3.63, 3.8) is 0 Å². The lowest BCUT2D eigenvalue weighted by molar-refractivity contribution is 0.323. The quantitative estimate of drug-likeness (QED) is 0.788. The second kappa shape index (κ2) is 5.62. The van der Waals surface area contributed by atoms with Gasteiger partial charge in [0.2, 0.25) is 5.75 Å². The first-order valence-electron chi connectivity index (χ1n) is 4.82. The molecule has 1 aromatic rings. The molecule has 0 atom stereocenters. The topological polar surface area (TPSA) is 75.3 Å². The molecule has 88 valence electrons. The number of ether oxygens (including phenoxy) is 3. The highest BCUT2D eigenvalue weighted by Gasteiger charge is 2.20. The monoisotopic (exact) mass is 232 g/mol. The van der Waals surface area contributed by atoms with E-state index in [9.17, 15) is 0 Å². The number of nitriles is 2. The summed E-state index contributed by atoms with van der Waals surface area (Å²) < 4.78 is 15.4. The average Bonchev–Trinajstić information content (AvgIpc) is 2.37. The van der Waals surface area contributed by atoms with Crippen molar-refractivity contribution in [2.45, 2.75) is 6.42 Å². The van der Waals surface area contributed by atoms with Gasteiger partial charge in [0, 0.05) is 0 Å².